The largest absolute Gasteiger partial charge is 0.394 e. The average Bonchev–Trinajstić information content (AvgIpc) is 3.17. The molecule has 4 atom stereocenters. The summed E-state index contributed by atoms with van der Waals surface area (Å²) in [4.78, 5) is 12.1. The Bertz CT molecular complexity index is 731. The molecule has 24 heavy (non-hydrogen) atoms. The van der Waals surface area contributed by atoms with Gasteiger partial charge in [-0.25, -0.2) is 4.79 Å². The zero-order chi connectivity index (χ0) is 16.5. The molecular formula is C20H22N2O2. The second kappa shape index (κ2) is 6.29. The summed E-state index contributed by atoms with van der Waals surface area (Å²) >= 11 is 0. The number of hydrogen-bond donors (Lipinski definition) is 3. The van der Waals surface area contributed by atoms with Gasteiger partial charge < -0.3 is 15.7 Å². The van der Waals surface area contributed by atoms with Crippen molar-refractivity contribution in [1.82, 2.24) is 10.6 Å². The summed E-state index contributed by atoms with van der Waals surface area (Å²) < 4.78 is 0. The molecule has 124 valence electrons. The van der Waals surface area contributed by atoms with Crippen molar-refractivity contribution in [3.8, 4) is 0 Å². The summed E-state index contributed by atoms with van der Waals surface area (Å²) in [6, 6.07) is 17.6. The number of urea groups is 1. The number of hydrogen-bond acceptors (Lipinski definition) is 2. The molecule has 2 aromatic carbocycles. The van der Waals surface area contributed by atoms with Crippen LogP contribution in [0.2, 0.25) is 0 Å². The second-order valence-corrected chi connectivity index (χ2v) is 6.76. The fraction of sp³-hybridized carbons (Fsp3) is 0.350. The minimum absolute atomic E-state index is 0.112. The number of aliphatic hydroxyl groups excluding tert-OH is 1. The fourth-order valence-electron chi connectivity index (χ4n) is 4.10. The van der Waals surface area contributed by atoms with Crippen molar-refractivity contribution < 1.29 is 9.90 Å². The molecule has 0 radical (unpaired) electrons. The summed E-state index contributed by atoms with van der Waals surface area (Å²) in [5.74, 6) is 1.85. The van der Waals surface area contributed by atoms with Crippen molar-refractivity contribution in [2.24, 2.45) is 11.8 Å². The zero-order valence-corrected chi connectivity index (χ0v) is 13.5. The van der Waals surface area contributed by atoms with Crippen LogP contribution >= 0.6 is 0 Å². The zero-order valence-electron chi connectivity index (χ0n) is 13.5. The Morgan fingerprint density at radius 1 is 1.12 bits per heavy atom. The third-order valence-electron chi connectivity index (χ3n) is 5.39. The van der Waals surface area contributed by atoms with Gasteiger partial charge in [0.2, 0.25) is 0 Å². The van der Waals surface area contributed by atoms with Crippen LogP contribution in [0.15, 0.2) is 54.6 Å². The molecule has 1 fully saturated rings. The molecule has 4 rings (SSSR count). The van der Waals surface area contributed by atoms with E-state index >= 15 is 0 Å². The molecule has 2 aromatic rings. The Labute approximate surface area is 141 Å². The first-order valence-electron chi connectivity index (χ1n) is 8.56. The molecule has 0 aliphatic heterocycles. The smallest absolute Gasteiger partial charge is 0.315 e. The summed E-state index contributed by atoms with van der Waals surface area (Å²) in [6.45, 7) is 0.585. The lowest BCUT2D eigenvalue weighted by Gasteiger charge is -2.17. The summed E-state index contributed by atoms with van der Waals surface area (Å²) in [5.41, 5.74) is 3.84. The molecule has 4 nitrogen and oxygen atoms in total. The van der Waals surface area contributed by atoms with Crippen LogP contribution in [-0.2, 0) is 6.42 Å². The third kappa shape index (κ3) is 2.78. The first kappa shape index (κ1) is 15.2. The topological polar surface area (TPSA) is 61.4 Å². The molecule has 2 aliphatic rings. The van der Waals surface area contributed by atoms with E-state index < -0.39 is 0 Å². The first-order valence-corrected chi connectivity index (χ1v) is 8.56. The predicted molar refractivity (Wildman–Crippen MR) is 92.7 cm³/mol. The highest BCUT2D eigenvalue weighted by Crippen LogP contribution is 2.60. The van der Waals surface area contributed by atoms with Gasteiger partial charge in [-0.05, 0) is 40.9 Å². The van der Waals surface area contributed by atoms with Gasteiger partial charge in [-0.1, -0.05) is 54.6 Å². The number of carbonyl (C=O) groups excluding carboxylic acids is 1. The number of benzene rings is 2. The standard InChI is InChI=1S/C20H22N2O2/c23-12-18(13-6-2-1-3-7-13)22-20(24)21-11-17-16-10-14-8-4-5-9-15(14)19(16)17/h1-9,16-19,23H,10-12H2,(H2,21,22,24)/t16-,17+,18+,19+/m0/s1. The molecule has 3 N–H and O–H groups in total. The number of amides is 2. The van der Waals surface area contributed by atoms with Crippen molar-refractivity contribution in [1.29, 1.82) is 0 Å². The number of fused-ring (bicyclic) bond motifs is 3. The SMILES string of the molecule is O=C(NC[C@@H]1[C@@H]2Cc3ccccc3[C@@H]12)N[C@H](CO)c1ccccc1. The molecule has 0 spiro atoms. The van der Waals surface area contributed by atoms with E-state index in [0.717, 1.165) is 12.0 Å². The van der Waals surface area contributed by atoms with Gasteiger partial charge in [0.25, 0.3) is 0 Å². The first-order chi connectivity index (χ1) is 11.8. The van der Waals surface area contributed by atoms with E-state index in [-0.39, 0.29) is 18.7 Å². The van der Waals surface area contributed by atoms with Crippen LogP contribution in [0.3, 0.4) is 0 Å². The van der Waals surface area contributed by atoms with E-state index in [9.17, 15) is 9.90 Å². The van der Waals surface area contributed by atoms with E-state index in [1.54, 1.807) is 0 Å². The summed E-state index contributed by atoms with van der Waals surface area (Å²) in [6.07, 6.45) is 1.14. The normalized spacial score (nSPS) is 24.6. The molecule has 0 unspecified atom stereocenters. The minimum atomic E-state index is -0.370. The maximum absolute atomic E-state index is 12.1. The molecule has 0 saturated heterocycles. The molecule has 0 bridgehead atoms. The highest BCUT2D eigenvalue weighted by atomic mass is 16.3. The van der Waals surface area contributed by atoms with Crippen molar-refractivity contribution >= 4 is 6.03 Å². The minimum Gasteiger partial charge on any atom is -0.394 e. The van der Waals surface area contributed by atoms with Gasteiger partial charge in [-0.15, -0.1) is 0 Å². The predicted octanol–water partition coefficient (Wildman–Crippen LogP) is 2.61. The lowest BCUT2D eigenvalue weighted by Crippen LogP contribution is -2.40. The van der Waals surface area contributed by atoms with Crippen LogP contribution < -0.4 is 10.6 Å². The van der Waals surface area contributed by atoms with Crippen LogP contribution in [0.25, 0.3) is 0 Å². The molecule has 2 aliphatic carbocycles. The monoisotopic (exact) mass is 322 g/mol. The van der Waals surface area contributed by atoms with E-state index in [2.05, 4.69) is 34.9 Å². The Morgan fingerprint density at radius 2 is 1.88 bits per heavy atom. The molecule has 1 saturated carbocycles. The Kier molecular flexibility index (Phi) is 3.98. The van der Waals surface area contributed by atoms with Crippen LogP contribution in [0.5, 0.6) is 0 Å². The average molecular weight is 322 g/mol. The van der Waals surface area contributed by atoms with E-state index in [1.807, 2.05) is 30.3 Å². The quantitative estimate of drug-likeness (QED) is 0.792. The highest BCUT2D eigenvalue weighted by Gasteiger charge is 2.54. The summed E-state index contributed by atoms with van der Waals surface area (Å²) in [5, 5.41) is 15.3. The van der Waals surface area contributed by atoms with Crippen LogP contribution in [0.1, 0.15) is 28.7 Å². The Balaban J connectivity index is 1.29. The van der Waals surface area contributed by atoms with Gasteiger partial charge in [-0.3, -0.25) is 0 Å². The lowest BCUT2D eigenvalue weighted by atomic mass is 10.0. The van der Waals surface area contributed by atoms with E-state index in [1.165, 1.54) is 11.1 Å². The Hall–Kier alpha value is -2.33. The van der Waals surface area contributed by atoms with Gasteiger partial charge in [-0.2, -0.15) is 0 Å². The molecule has 2 amide bonds. The highest BCUT2D eigenvalue weighted by molar-refractivity contribution is 5.74. The Morgan fingerprint density at radius 3 is 2.67 bits per heavy atom. The number of nitrogens with one attached hydrogen (secondary N) is 2. The van der Waals surface area contributed by atoms with Crippen molar-refractivity contribution in [3.63, 3.8) is 0 Å². The van der Waals surface area contributed by atoms with Crippen LogP contribution in [0, 0.1) is 11.8 Å². The molecule has 4 heteroatoms. The van der Waals surface area contributed by atoms with Crippen LogP contribution in [-0.4, -0.2) is 24.3 Å². The van der Waals surface area contributed by atoms with Crippen molar-refractivity contribution in [2.75, 3.05) is 13.2 Å². The van der Waals surface area contributed by atoms with E-state index in [0.29, 0.717) is 24.3 Å². The van der Waals surface area contributed by atoms with Gasteiger partial charge in [0, 0.05) is 6.54 Å². The van der Waals surface area contributed by atoms with E-state index in [4.69, 9.17) is 0 Å². The number of rotatable bonds is 5. The summed E-state index contributed by atoms with van der Waals surface area (Å²) in [7, 11) is 0. The van der Waals surface area contributed by atoms with Gasteiger partial charge in [0.1, 0.15) is 0 Å². The molecular weight excluding hydrogens is 300 g/mol. The number of aliphatic hydroxyl groups is 1. The maximum atomic E-state index is 12.1. The van der Waals surface area contributed by atoms with Crippen molar-refractivity contribution in [2.45, 2.75) is 18.4 Å². The second-order valence-electron chi connectivity index (χ2n) is 6.76. The van der Waals surface area contributed by atoms with Gasteiger partial charge in [0.15, 0.2) is 0 Å². The van der Waals surface area contributed by atoms with Gasteiger partial charge in [0.05, 0.1) is 12.6 Å². The third-order valence-corrected chi connectivity index (χ3v) is 5.39. The number of carbonyl (C=O) groups is 1. The van der Waals surface area contributed by atoms with Gasteiger partial charge >= 0.3 is 6.03 Å². The molecule has 0 aromatic heterocycles. The van der Waals surface area contributed by atoms with Crippen molar-refractivity contribution in [3.05, 3.63) is 71.3 Å². The maximum Gasteiger partial charge on any atom is 0.315 e. The fourth-order valence-corrected chi connectivity index (χ4v) is 4.10. The molecule has 0 heterocycles. The van der Waals surface area contributed by atoms with Crippen LogP contribution in [0.4, 0.5) is 4.79 Å². The lowest BCUT2D eigenvalue weighted by molar-refractivity contribution is 0.216.